The Bertz CT molecular complexity index is 452. The van der Waals surface area contributed by atoms with E-state index in [-0.39, 0.29) is 0 Å². The van der Waals surface area contributed by atoms with E-state index in [0.717, 1.165) is 45.0 Å². The van der Waals surface area contributed by atoms with E-state index in [9.17, 15) is 0 Å². The van der Waals surface area contributed by atoms with Gasteiger partial charge in [-0.25, -0.2) is 0 Å². The van der Waals surface area contributed by atoms with E-state index in [0.29, 0.717) is 5.41 Å². The molecule has 1 saturated heterocycles. The van der Waals surface area contributed by atoms with Gasteiger partial charge >= 0.3 is 0 Å². The molecule has 0 radical (unpaired) electrons. The average molecular weight is 260 g/mol. The van der Waals surface area contributed by atoms with E-state index in [4.69, 9.17) is 4.74 Å². The third kappa shape index (κ3) is 2.57. The summed E-state index contributed by atoms with van der Waals surface area (Å²) in [4.78, 5) is 2.46. The fraction of sp³-hybridized carbons (Fsp3) is 0.625. The van der Waals surface area contributed by atoms with Gasteiger partial charge in [-0.1, -0.05) is 19.9 Å². The Morgan fingerprint density at radius 1 is 1.37 bits per heavy atom. The van der Waals surface area contributed by atoms with Crippen LogP contribution in [-0.4, -0.2) is 37.7 Å². The second kappa shape index (κ2) is 5.04. The minimum atomic E-state index is 0.334. The second-order valence-electron chi connectivity index (χ2n) is 6.22. The van der Waals surface area contributed by atoms with E-state index >= 15 is 0 Å². The molecule has 0 spiro atoms. The van der Waals surface area contributed by atoms with Crippen LogP contribution in [0.25, 0.3) is 0 Å². The van der Waals surface area contributed by atoms with Gasteiger partial charge < -0.3 is 15.0 Å². The third-order valence-electron chi connectivity index (χ3n) is 4.29. The van der Waals surface area contributed by atoms with E-state index in [1.165, 1.54) is 17.7 Å². The molecule has 1 aromatic rings. The van der Waals surface area contributed by atoms with Crippen LogP contribution in [0.2, 0.25) is 0 Å². The van der Waals surface area contributed by atoms with Crippen molar-refractivity contribution in [2.75, 3.05) is 38.1 Å². The number of hydrogen-bond acceptors (Lipinski definition) is 3. The van der Waals surface area contributed by atoms with Crippen molar-refractivity contribution >= 4 is 5.69 Å². The lowest BCUT2D eigenvalue weighted by Gasteiger charge is -2.47. The third-order valence-corrected chi connectivity index (χ3v) is 4.29. The van der Waals surface area contributed by atoms with Gasteiger partial charge in [-0.15, -0.1) is 0 Å². The molecule has 0 bridgehead atoms. The summed E-state index contributed by atoms with van der Waals surface area (Å²) in [5.74, 6) is 1.08. The van der Waals surface area contributed by atoms with Gasteiger partial charge in [0, 0.05) is 36.3 Å². The molecule has 2 aliphatic heterocycles. The first-order valence-electron chi connectivity index (χ1n) is 7.41. The Morgan fingerprint density at radius 3 is 3.00 bits per heavy atom. The van der Waals surface area contributed by atoms with Crippen LogP contribution in [0.1, 0.15) is 25.8 Å². The van der Waals surface area contributed by atoms with Crippen molar-refractivity contribution in [1.82, 2.24) is 4.90 Å². The SMILES string of the molecule is CCN1CC(C)(COc2cccc3c2CCCN3)C1. The number of benzene rings is 1. The summed E-state index contributed by atoms with van der Waals surface area (Å²) < 4.78 is 6.14. The molecule has 19 heavy (non-hydrogen) atoms. The van der Waals surface area contributed by atoms with Crippen LogP contribution in [0.4, 0.5) is 5.69 Å². The molecule has 0 aliphatic carbocycles. The van der Waals surface area contributed by atoms with Gasteiger partial charge in [0.25, 0.3) is 0 Å². The van der Waals surface area contributed by atoms with Crippen molar-refractivity contribution in [1.29, 1.82) is 0 Å². The molecule has 3 heteroatoms. The zero-order chi connectivity index (χ0) is 13.3. The second-order valence-corrected chi connectivity index (χ2v) is 6.22. The highest BCUT2D eigenvalue weighted by molar-refractivity contribution is 5.59. The van der Waals surface area contributed by atoms with E-state index in [1.807, 2.05) is 0 Å². The molecule has 2 aliphatic rings. The molecule has 1 N–H and O–H groups in total. The maximum absolute atomic E-state index is 6.14. The minimum Gasteiger partial charge on any atom is -0.493 e. The monoisotopic (exact) mass is 260 g/mol. The molecule has 1 fully saturated rings. The van der Waals surface area contributed by atoms with Gasteiger partial charge in [-0.3, -0.25) is 0 Å². The maximum atomic E-state index is 6.14. The summed E-state index contributed by atoms with van der Waals surface area (Å²) in [5, 5.41) is 3.46. The predicted octanol–water partition coefficient (Wildman–Crippen LogP) is 2.77. The number of hydrogen-bond donors (Lipinski definition) is 1. The highest BCUT2D eigenvalue weighted by Crippen LogP contribution is 2.34. The van der Waals surface area contributed by atoms with Crippen LogP contribution in [0.15, 0.2) is 18.2 Å². The van der Waals surface area contributed by atoms with Crippen LogP contribution < -0.4 is 10.1 Å². The van der Waals surface area contributed by atoms with Crippen molar-refractivity contribution in [2.45, 2.75) is 26.7 Å². The zero-order valence-corrected chi connectivity index (χ0v) is 12.0. The van der Waals surface area contributed by atoms with Crippen LogP contribution in [0, 0.1) is 5.41 Å². The van der Waals surface area contributed by atoms with Crippen molar-refractivity contribution < 1.29 is 4.74 Å². The normalized spacial score (nSPS) is 21.2. The molecule has 0 unspecified atom stereocenters. The number of ether oxygens (including phenoxy) is 1. The summed E-state index contributed by atoms with van der Waals surface area (Å²) in [6.07, 6.45) is 2.34. The van der Waals surface area contributed by atoms with E-state index < -0.39 is 0 Å². The number of anilines is 1. The Hall–Kier alpha value is -1.22. The first-order valence-corrected chi connectivity index (χ1v) is 7.41. The maximum Gasteiger partial charge on any atom is 0.124 e. The predicted molar refractivity (Wildman–Crippen MR) is 79.0 cm³/mol. The molecule has 0 amide bonds. The Balaban J connectivity index is 1.64. The lowest BCUT2D eigenvalue weighted by atomic mass is 9.83. The summed E-state index contributed by atoms with van der Waals surface area (Å²) in [6.45, 7) is 9.94. The zero-order valence-electron chi connectivity index (χ0n) is 12.0. The van der Waals surface area contributed by atoms with Crippen molar-refractivity contribution in [2.24, 2.45) is 5.41 Å². The van der Waals surface area contributed by atoms with Crippen LogP contribution in [0.5, 0.6) is 5.75 Å². The standard InChI is InChI=1S/C16H24N2O/c1-3-18-10-16(2,11-18)12-19-15-8-4-7-14-13(15)6-5-9-17-14/h4,7-8,17H,3,5-6,9-12H2,1-2H3. The van der Waals surface area contributed by atoms with Gasteiger partial charge in [-0.2, -0.15) is 0 Å². The van der Waals surface area contributed by atoms with Gasteiger partial charge in [0.15, 0.2) is 0 Å². The van der Waals surface area contributed by atoms with Crippen molar-refractivity contribution in [3.05, 3.63) is 23.8 Å². The first-order chi connectivity index (χ1) is 9.20. The first kappa shape index (κ1) is 12.8. The van der Waals surface area contributed by atoms with E-state index in [1.54, 1.807) is 0 Å². The molecule has 104 valence electrons. The Morgan fingerprint density at radius 2 is 2.21 bits per heavy atom. The van der Waals surface area contributed by atoms with Crippen LogP contribution in [-0.2, 0) is 6.42 Å². The van der Waals surface area contributed by atoms with Crippen molar-refractivity contribution in [3.8, 4) is 5.75 Å². The number of rotatable bonds is 4. The summed E-state index contributed by atoms with van der Waals surface area (Å²) >= 11 is 0. The number of fused-ring (bicyclic) bond motifs is 1. The fourth-order valence-corrected chi connectivity index (χ4v) is 3.21. The Kier molecular flexibility index (Phi) is 3.40. The number of nitrogens with one attached hydrogen (secondary N) is 1. The van der Waals surface area contributed by atoms with Gasteiger partial charge in [0.05, 0.1) is 6.61 Å². The van der Waals surface area contributed by atoms with Crippen LogP contribution in [0.3, 0.4) is 0 Å². The summed E-state index contributed by atoms with van der Waals surface area (Å²) in [6, 6.07) is 6.37. The highest BCUT2D eigenvalue weighted by atomic mass is 16.5. The quantitative estimate of drug-likeness (QED) is 0.901. The van der Waals surface area contributed by atoms with E-state index in [2.05, 4.69) is 42.3 Å². The fourth-order valence-electron chi connectivity index (χ4n) is 3.21. The summed E-state index contributed by atoms with van der Waals surface area (Å²) in [7, 11) is 0. The smallest absolute Gasteiger partial charge is 0.124 e. The van der Waals surface area contributed by atoms with Gasteiger partial charge in [0.2, 0.25) is 0 Å². The highest BCUT2D eigenvalue weighted by Gasteiger charge is 2.38. The molecule has 0 saturated carbocycles. The lowest BCUT2D eigenvalue weighted by molar-refractivity contribution is -0.0157. The molecular weight excluding hydrogens is 236 g/mol. The number of nitrogens with zero attached hydrogens (tertiary/aromatic N) is 1. The summed E-state index contributed by atoms with van der Waals surface area (Å²) in [5.41, 5.74) is 2.96. The lowest BCUT2D eigenvalue weighted by Crippen LogP contribution is -2.57. The van der Waals surface area contributed by atoms with Gasteiger partial charge in [0.1, 0.15) is 5.75 Å². The molecular formula is C16H24N2O. The molecule has 1 aromatic carbocycles. The molecule has 3 nitrogen and oxygen atoms in total. The Labute approximate surface area is 115 Å². The molecule has 0 aromatic heterocycles. The molecule has 3 rings (SSSR count). The topological polar surface area (TPSA) is 24.5 Å². The van der Waals surface area contributed by atoms with Crippen molar-refractivity contribution in [3.63, 3.8) is 0 Å². The molecule has 2 heterocycles. The molecule has 0 atom stereocenters. The average Bonchev–Trinajstić information content (AvgIpc) is 2.42. The van der Waals surface area contributed by atoms with Gasteiger partial charge in [-0.05, 0) is 31.5 Å². The van der Waals surface area contributed by atoms with Crippen LogP contribution >= 0.6 is 0 Å². The number of likely N-dealkylation sites (tertiary alicyclic amines) is 1. The largest absolute Gasteiger partial charge is 0.493 e. The minimum absolute atomic E-state index is 0.334.